The highest BCUT2D eigenvalue weighted by Gasteiger charge is 2.01. The summed E-state index contributed by atoms with van der Waals surface area (Å²) < 4.78 is 1.82. The van der Waals surface area contributed by atoms with Gasteiger partial charge < -0.3 is 4.57 Å². The average Bonchev–Trinajstić information content (AvgIpc) is 2.28. The van der Waals surface area contributed by atoms with Crippen LogP contribution in [0.5, 0.6) is 0 Å². The quantitative estimate of drug-likeness (QED) is 0.764. The van der Waals surface area contributed by atoms with Crippen LogP contribution in [0.2, 0.25) is 0 Å². The van der Waals surface area contributed by atoms with Gasteiger partial charge in [-0.1, -0.05) is 13.3 Å². The van der Waals surface area contributed by atoms with Gasteiger partial charge in [-0.15, -0.1) is 0 Å². The van der Waals surface area contributed by atoms with Crippen molar-refractivity contribution in [3.63, 3.8) is 0 Å². The molecular formula is C12H14N2O. The van der Waals surface area contributed by atoms with Gasteiger partial charge >= 0.3 is 0 Å². The normalized spacial score (nSPS) is 10.7. The fourth-order valence-electron chi connectivity index (χ4n) is 1.69. The number of hydrogen-bond donors (Lipinski definition) is 0. The molecular weight excluding hydrogens is 188 g/mol. The van der Waals surface area contributed by atoms with E-state index in [4.69, 9.17) is 0 Å². The Labute approximate surface area is 88.4 Å². The SMILES string of the molecule is CCCCn1c(=O)ccc2cnccc21. The molecule has 2 aromatic rings. The topological polar surface area (TPSA) is 34.9 Å². The highest BCUT2D eigenvalue weighted by atomic mass is 16.1. The third-order valence-electron chi connectivity index (χ3n) is 2.53. The first kappa shape index (κ1) is 9.90. The number of aryl methyl sites for hydroxylation is 1. The molecule has 0 saturated heterocycles. The van der Waals surface area contributed by atoms with E-state index in [1.807, 2.05) is 16.7 Å². The van der Waals surface area contributed by atoms with Crippen molar-refractivity contribution in [2.24, 2.45) is 0 Å². The van der Waals surface area contributed by atoms with Crippen LogP contribution in [0, 0.1) is 0 Å². The maximum atomic E-state index is 11.7. The second kappa shape index (κ2) is 4.26. The molecule has 2 heterocycles. The Morgan fingerprint density at radius 2 is 2.20 bits per heavy atom. The van der Waals surface area contributed by atoms with Crippen molar-refractivity contribution >= 4 is 10.9 Å². The van der Waals surface area contributed by atoms with Crippen LogP contribution in [0.3, 0.4) is 0 Å². The number of aromatic nitrogens is 2. The third kappa shape index (κ3) is 1.91. The first-order valence-electron chi connectivity index (χ1n) is 5.26. The molecule has 0 spiro atoms. The van der Waals surface area contributed by atoms with E-state index in [-0.39, 0.29) is 5.56 Å². The smallest absolute Gasteiger partial charge is 0.251 e. The zero-order chi connectivity index (χ0) is 10.7. The van der Waals surface area contributed by atoms with Gasteiger partial charge in [0, 0.05) is 30.4 Å². The summed E-state index contributed by atoms with van der Waals surface area (Å²) in [6.45, 7) is 2.91. The van der Waals surface area contributed by atoms with E-state index in [2.05, 4.69) is 11.9 Å². The number of rotatable bonds is 3. The monoisotopic (exact) mass is 202 g/mol. The summed E-state index contributed by atoms with van der Waals surface area (Å²) in [5.74, 6) is 0. The molecule has 0 unspecified atom stereocenters. The highest BCUT2D eigenvalue weighted by molar-refractivity contribution is 5.77. The van der Waals surface area contributed by atoms with Gasteiger partial charge in [0.2, 0.25) is 0 Å². The first-order valence-corrected chi connectivity index (χ1v) is 5.26. The summed E-state index contributed by atoms with van der Waals surface area (Å²) in [6.07, 6.45) is 5.64. The van der Waals surface area contributed by atoms with Crippen LogP contribution in [0.25, 0.3) is 10.9 Å². The Morgan fingerprint density at radius 3 is 3.00 bits per heavy atom. The summed E-state index contributed by atoms with van der Waals surface area (Å²) in [7, 11) is 0. The van der Waals surface area contributed by atoms with Gasteiger partial charge in [-0.05, 0) is 18.6 Å². The fourth-order valence-corrected chi connectivity index (χ4v) is 1.69. The predicted octanol–water partition coefficient (Wildman–Crippen LogP) is 2.20. The number of fused-ring (bicyclic) bond motifs is 1. The lowest BCUT2D eigenvalue weighted by molar-refractivity contribution is 0.631. The molecule has 0 N–H and O–H groups in total. The molecule has 3 nitrogen and oxygen atoms in total. The standard InChI is InChI=1S/C12H14N2O/c1-2-3-8-14-11-6-7-13-9-10(11)4-5-12(14)15/h4-7,9H,2-3,8H2,1H3. The van der Waals surface area contributed by atoms with E-state index in [1.54, 1.807) is 18.5 Å². The summed E-state index contributed by atoms with van der Waals surface area (Å²) in [4.78, 5) is 15.7. The van der Waals surface area contributed by atoms with E-state index >= 15 is 0 Å². The van der Waals surface area contributed by atoms with Gasteiger partial charge in [0.25, 0.3) is 5.56 Å². The third-order valence-corrected chi connectivity index (χ3v) is 2.53. The van der Waals surface area contributed by atoms with Gasteiger partial charge in [0.15, 0.2) is 0 Å². The molecule has 0 radical (unpaired) electrons. The number of pyridine rings is 2. The van der Waals surface area contributed by atoms with Crippen LogP contribution in [-0.4, -0.2) is 9.55 Å². The van der Waals surface area contributed by atoms with E-state index in [0.29, 0.717) is 0 Å². The molecule has 2 rings (SSSR count). The molecule has 0 atom stereocenters. The predicted molar refractivity (Wildman–Crippen MR) is 60.9 cm³/mol. The van der Waals surface area contributed by atoms with Crippen molar-refractivity contribution in [1.82, 2.24) is 9.55 Å². The Hall–Kier alpha value is -1.64. The Bertz CT molecular complexity index is 516. The zero-order valence-electron chi connectivity index (χ0n) is 8.81. The van der Waals surface area contributed by atoms with Gasteiger partial charge in [0.05, 0.1) is 5.52 Å². The van der Waals surface area contributed by atoms with Crippen LogP contribution < -0.4 is 5.56 Å². The minimum absolute atomic E-state index is 0.0714. The van der Waals surface area contributed by atoms with Crippen molar-refractivity contribution in [3.05, 3.63) is 40.9 Å². The highest BCUT2D eigenvalue weighted by Crippen LogP contribution is 2.09. The second-order valence-electron chi connectivity index (χ2n) is 3.61. The molecule has 2 aromatic heterocycles. The molecule has 0 bridgehead atoms. The maximum absolute atomic E-state index is 11.7. The van der Waals surface area contributed by atoms with Crippen LogP contribution in [-0.2, 0) is 6.54 Å². The number of nitrogens with zero attached hydrogens (tertiary/aromatic N) is 2. The van der Waals surface area contributed by atoms with Gasteiger partial charge in [-0.3, -0.25) is 9.78 Å². The van der Waals surface area contributed by atoms with E-state index in [0.717, 1.165) is 30.3 Å². The molecule has 3 heteroatoms. The Morgan fingerprint density at radius 1 is 1.33 bits per heavy atom. The van der Waals surface area contributed by atoms with Gasteiger partial charge in [0.1, 0.15) is 0 Å². The van der Waals surface area contributed by atoms with Crippen LogP contribution in [0.1, 0.15) is 19.8 Å². The Balaban J connectivity index is 2.58. The zero-order valence-corrected chi connectivity index (χ0v) is 8.81. The lowest BCUT2D eigenvalue weighted by Crippen LogP contribution is -2.19. The Kier molecular flexibility index (Phi) is 2.81. The van der Waals surface area contributed by atoms with Gasteiger partial charge in [-0.25, -0.2) is 0 Å². The molecule has 0 fully saturated rings. The van der Waals surface area contributed by atoms with Gasteiger partial charge in [-0.2, -0.15) is 0 Å². The number of hydrogen-bond acceptors (Lipinski definition) is 2. The number of unbranched alkanes of at least 4 members (excludes halogenated alkanes) is 1. The van der Waals surface area contributed by atoms with Crippen LogP contribution in [0.15, 0.2) is 35.4 Å². The summed E-state index contributed by atoms with van der Waals surface area (Å²) in [5.41, 5.74) is 1.05. The van der Waals surface area contributed by atoms with Crippen molar-refractivity contribution in [2.75, 3.05) is 0 Å². The molecule has 15 heavy (non-hydrogen) atoms. The van der Waals surface area contributed by atoms with Crippen molar-refractivity contribution in [3.8, 4) is 0 Å². The molecule has 0 amide bonds. The summed E-state index contributed by atoms with van der Waals surface area (Å²) >= 11 is 0. The lowest BCUT2D eigenvalue weighted by atomic mass is 10.2. The fraction of sp³-hybridized carbons (Fsp3) is 0.333. The van der Waals surface area contributed by atoms with Crippen LogP contribution >= 0.6 is 0 Å². The minimum atomic E-state index is 0.0714. The second-order valence-corrected chi connectivity index (χ2v) is 3.61. The van der Waals surface area contributed by atoms with Crippen molar-refractivity contribution < 1.29 is 0 Å². The maximum Gasteiger partial charge on any atom is 0.251 e. The molecule has 0 saturated carbocycles. The van der Waals surface area contributed by atoms with Crippen LogP contribution in [0.4, 0.5) is 0 Å². The molecule has 0 aromatic carbocycles. The summed E-state index contributed by atoms with van der Waals surface area (Å²) in [6, 6.07) is 5.33. The van der Waals surface area contributed by atoms with E-state index in [9.17, 15) is 4.79 Å². The first-order chi connectivity index (χ1) is 7.33. The molecule has 0 aliphatic carbocycles. The average molecular weight is 202 g/mol. The molecule has 0 aliphatic rings. The van der Waals surface area contributed by atoms with Crippen molar-refractivity contribution in [1.29, 1.82) is 0 Å². The van der Waals surface area contributed by atoms with E-state index in [1.165, 1.54) is 0 Å². The lowest BCUT2D eigenvalue weighted by Gasteiger charge is -2.08. The van der Waals surface area contributed by atoms with Crippen molar-refractivity contribution in [2.45, 2.75) is 26.3 Å². The largest absolute Gasteiger partial charge is 0.308 e. The summed E-state index contributed by atoms with van der Waals surface area (Å²) in [5, 5.41) is 1.02. The molecule has 0 aliphatic heterocycles. The molecule has 78 valence electrons. The minimum Gasteiger partial charge on any atom is -0.308 e. The van der Waals surface area contributed by atoms with E-state index < -0.39 is 0 Å².